The summed E-state index contributed by atoms with van der Waals surface area (Å²) >= 11 is 0. The Labute approximate surface area is 95.2 Å². The third kappa shape index (κ3) is 1.80. The third-order valence-electron chi connectivity index (χ3n) is 2.67. The van der Waals surface area contributed by atoms with E-state index in [1.165, 1.54) is 0 Å². The maximum absolute atomic E-state index is 9.03. The minimum atomic E-state index is 0.665. The van der Waals surface area contributed by atoms with Gasteiger partial charge in [0.25, 0.3) is 0 Å². The molecule has 0 aliphatic rings. The standard InChI is InChI=1S/C14H12N2/c1-10-7-8-14(16-11(10)2)13-6-4-3-5-12(13)9-15/h3-8H,1-2H3. The Hall–Kier alpha value is -2.14. The van der Waals surface area contributed by atoms with Gasteiger partial charge in [-0.2, -0.15) is 5.26 Å². The van der Waals surface area contributed by atoms with Crippen molar-refractivity contribution < 1.29 is 0 Å². The van der Waals surface area contributed by atoms with E-state index in [9.17, 15) is 0 Å². The van der Waals surface area contributed by atoms with E-state index in [2.05, 4.69) is 11.1 Å². The minimum Gasteiger partial charge on any atom is -0.253 e. The van der Waals surface area contributed by atoms with Crippen LogP contribution in [0.1, 0.15) is 16.8 Å². The predicted molar refractivity (Wildman–Crippen MR) is 63.9 cm³/mol. The number of aromatic nitrogens is 1. The second-order valence-electron chi connectivity index (χ2n) is 3.76. The molecule has 0 amide bonds. The predicted octanol–water partition coefficient (Wildman–Crippen LogP) is 3.24. The Bertz CT molecular complexity index is 565. The van der Waals surface area contributed by atoms with Gasteiger partial charge in [0.1, 0.15) is 0 Å². The SMILES string of the molecule is Cc1ccc(-c2ccccc2C#N)nc1C. The van der Waals surface area contributed by atoms with Gasteiger partial charge in [-0.3, -0.25) is 4.98 Å². The van der Waals surface area contributed by atoms with Crippen molar-refractivity contribution >= 4 is 0 Å². The normalized spacial score (nSPS) is 9.81. The summed E-state index contributed by atoms with van der Waals surface area (Å²) in [7, 11) is 0. The van der Waals surface area contributed by atoms with E-state index in [1.54, 1.807) is 0 Å². The van der Waals surface area contributed by atoms with Gasteiger partial charge in [-0.1, -0.05) is 24.3 Å². The summed E-state index contributed by atoms with van der Waals surface area (Å²) in [6.07, 6.45) is 0. The maximum atomic E-state index is 9.03. The second kappa shape index (κ2) is 4.16. The first kappa shape index (κ1) is 10.4. The topological polar surface area (TPSA) is 36.7 Å². The van der Waals surface area contributed by atoms with Crippen LogP contribution in [0.15, 0.2) is 36.4 Å². The Morgan fingerprint density at radius 2 is 1.81 bits per heavy atom. The molecular weight excluding hydrogens is 196 g/mol. The van der Waals surface area contributed by atoms with E-state index in [0.717, 1.165) is 22.5 Å². The highest BCUT2D eigenvalue weighted by atomic mass is 14.7. The average molecular weight is 208 g/mol. The molecule has 1 aromatic carbocycles. The van der Waals surface area contributed by atoms with Gasteiger partial charge in [-0.15, -0.1) is 0 Å². The van der Waals surface area contributed by atoms with Crippen molar-refractivity contribution in [3.05, 3.63) is 53.2 Å². The summed E-state index contributed by atoms with van der Waals surface area (Å²) in [5.41, 5.74) is 4.59. The van der Waals surface area contributed by atoms with Gasteiger partial charge in [0, 0.05) is 11.3 Å². The number of nitrogens with zero attached hydrogens (tertiary/aromatic N) is 2. The largest absolute Gasteiger partial charge is 0.253 e. The third-order valence-corrected chi connectivity index (χ3v) is 2.67. The Kier molecular flexibility index (Phi) is 2.70. The van der Waals surface area contributed by atoms with Crippen molar-refractivity contribution in [2.24, 2.45) is 0 Å². The molecule has 2 nitrogen and oxygen atoms in total. The fourth-order valence-electron chi connectivity index (χ4n) is 1.58. The van der Waals surface area contributed by atoms with Crippen LogP contribution in [0.2, 0.25) is 0 Å². The van der Waals surface area contributed by atoms with Gasteiger partial charge in [0.15, 0.2) is 0 Å². The van der Waals surface area contributed by atoms with Crippen LogP contribution < -0.4 is 0 Å². The van der Waals surface area contributed by atoms with Crippen LogP contribution in [0, 0.1) is 25.2 Å². The zero-order chi connectivity index (χ0) is 11.5. The maximum Gasteiger partial charge on any atom is 0.0998 e. The van der Waals surface area contributed by atoms with Crippen molar-refractivity contribution in [1.82, 2.24) is 4.98 Å². The molecule has 1 heterocycles. The summed E-state index contributed by atoms with van der Waals surface area (Å²) in [5.74, 6) is 0. The highest BCUT2D eigenvalue weighted by Gasteiger charge is 2.05. The highest BCUT2D eigenvalue weighted by Crippen LogP contribution is 2.22. The zero-order valence-corrected chi connectivity index (χ0v) is 9.36. The van der Waals surface area contributed by atoms with Crippen LogP contribution in [0.3, 0.4) is 0 Å². The number of nitriles is 1. The molecule has 1 aromatic heterocycles. The molecule has 0 saturated carbocycles. The Morgan fingerprint density at radius 1 is 1.06 bits per heavy atom. The Balaban J connectivity index is 2.60. The average Bonchev–Trinajstić information content (AvgIpc) is 2.32. The van der Waals surface area contributed by atoms with E-state index >= 15 is 0 Å². The van der Waals surface area contributed by atoms with E-state index < -0.39 is 0 Å². The number of aryl methyl sites for hydroxylation is 2. The first-order chi connectivity index (χ1) is 7.72. The molecule has 0 atom stereocenters. The summed E-state index contributed by atoms with van der Waals surface area (Å²) in [5, 5.41) is 9.03. The van der Waals surface area contributed by atoms with Crippen molar-refractivity contribution in [2.45, 2.75) is 13.8 Å². The number of pyridine rings is 1. The van der Waals surface area contributed by atoms with Gasteiger partial charge in [0.05, 0.1) is 17.3 Å². The lowest BCUT2D eigenvalue weighted by Gasteiger charge is -2.05. The molecular formula is C14H12N2. The highest BCUT2D eigenvalue weighted by molar-refractivity contribution is 5.67. The fourth-order valence-corrected chi connectivity index (χ4v) is 1.58. The molecule has 2 heteroatoms. The zero-order valence-electron chi connectivity index (χ0n) is 9.36. The molecule has 0 aliphatic heterocycles. The molecule has 0 fully saturated rings. The lowest BCUT2D eigenvalue weighted by molar-refractivity contribution is 1.15. The van der Waals surface area contributed by atoms with Gasteiger partial charge in [0.2, 0.25) is 0 Å². The van der Waals surface area contributed by atoms with Crippen LogP contribution in [-0.4, -0.2) is 4.98 Å². The van der Waals surface area contributed by atoms with Gasteiger partial charge in [-0.25, -0.2) is 0 Å². The number of hydrogen-bond donors (Lipinski definition) is 0. The summed E-state index contributed by atoms with van der Waals surface area (Å²) in [6, 6.07) is 13.7. The van der Waals surface area contributed by atoms with E-state index in [1.807, 2.05) is 50.2 Å². The lowest BCUT2D eigenvalue weighted by atomic mass is 10.0. The quantitative estimate of drug-likeness (QED) is 0.721. The van der Waals surface area contributed by atoms with E-state index in [0.29, 0.717) is 5.56 Å². The molecule has 0 saturated heterocycles. The lowest BCUT2D eigenvalue weighted by Crippen LogP contribution is -1.92. The summed E-state index contributed by atoms with van der Waals surface area (Å²) < 4.78 is 0. The molecule has 0 bridgehead atoms. The molecule has 0 radical (unpaired) electrons. The van der Waals surface area contributed by atoms with Gasteiger partial charge < -0.3 is 0 Å². The molecule has 0 unspecified atom stereocenters. The van der Waals surface area contributed by atoms with Crippen LogP contribution in [0.25, 0.3) is 11.3 Å². The number of benzene rings is 1. The number of hydrogen-bond acceptors (Lipinski definition) is 2. The van der Waals surface area contributed by atoms with Crippen molar-refractivity contribution in [3.63, 3.8) is 0 Å². The second-order valence-corrected chi connectivity index (χ2v) is 3.76. The molecule has 0 N–H and O–H groups in total. The fraction of sp³-hybridized carbons (Fsp3) is 0.143. The van der Waals surface area contributed by atoms with E-state index in [4.69, 9.17) is 5.26 Å². The summed E-state index contributed by atoms with van der Waals surface area (Å²) in [6.45, 7) is 4.01. The molecule has 0 spiro atoms. The first-order valence-corrected chi connectivity index (χ1v) is 5.16. The van der Waals surface area contributed by atoms with Crippen molar-refractivity contribution in [1.29, 1.82) is 5.26 Å². The Morgan fingerprint density at radius 3 is 2.50 bits per heavy atom. The van der Waals surface area contributed by atoms with Gasteiger partial charge in [-0.05, 0) is 31.5 Å². The monoisotopic (exact) mass is 208 g/mol. The molecule has 0 aliphatic carbocycles. The summed E-state index contributed by atoms with van der Waals surface area (Å²) in [4.78, 5) is 4.50. The van der Waals surface area contributed by atoms with Crippen LogP contribution in [-0.2, 0) is 0 Å². The van der Waals surface area contributed by atoms with E-state index in [-0.39, 0.29) is 0 Å². The minimum absolute atomic E-state index is 0.665. The molecule has 2 aromatic rings. The molecule has 78 valence electrons. The number of rotatable bonds is 1. The smallest absolute Gasteiger partial charge is 0.0998 e. The van der Waals surface area contributed by atoms with Crippen LogP contribution in [0.4, 0.5) is 0 Å². The van der Waals surface area contributed by atoms with Crippen molar-refractivity contribution in [3.8, 4) is 17.3 Å². The molecule has 2 rings (SSSR count). The molecule has 16 heavy (non-hydrogen) atoms. The first-order valence-electron chi connectivity index (χ1n) is 5.16. The van der Waals surface area contributed by atoms with Crippen molar-refractivity contribution in [2.75, 3.05) is 0 Å². The van der Waals surface area contributed by atoms with Crippen LogP contribution >= 0.6 is 0 Å². The van der Waals surface area contributed by atoms with Gasteiger partial charge >= 0.3 is 0 Å². The van der Waals surface area contributed by atoms with Crippen LogP contribution in [0.5, 0.6) is 0 Å².